The van der Waals surface area contributed by atoms with Gasteiger partial charge in [-0.1, -0.05) is 0 Å². The third kappa shape index (κ3) is 0.259. The molecule has 2 atom stereocenters. The molecule has 0 saturated carbocycles. The molecule has 0 aliphatic carbocycles. The predicted octanol–water partition coefficient (Wildman–Crippen LogP) is 0.185. The van der Waals surface area contributed by atoms with E-state index in [0.29, 0.717) is 0 Å². The van der Waals surface area contributed by atoms with Crippen LogP contribution in [0, 0.1) is 0 Å². The van der Waals surface area contributed by atoms with Gasteiger partial charge in [-0.25, -0.2) is 5.43 Å². The van der Waals surface area contributed by atoms with Gasteiger partial charge in [0.1, 0.15) is 0 Å². The Labute approximate surface area is 41.0 Å². The zero-order valence-electron chi connectivity index (χ0n) is 3.35. The molecule has 2 unspecified atom stereocenters. The maximum atomic E-state index is 3.21. The fourth-order valence-electron chi connectivity index (χ4n) is 0.788. The van der Waals surface area contributed by atoms with Crippen LogP contribution in [-0.2, 0) is 0 Å². The summed E-state index contributed by atoms with van der Waals surface area (Å²) >= 11 is 1.92. The Hall–Kier alpha value is 0.270. The number of nitrogens with one attached hydrogen (secondary N) is 1. The Kier molecular flexibility index (Phi) is 0.500. The topological polar surface area (TPSA) is 15.3 Å². The van der Waals surface area contributed by atoms with Gasteiger partial charge in [0.05, 0.1) is 5.37 Å². The van der Waals surface area contributed by atoms with Crippen molar-refractivity contribution in [1.82, 2.24) is 9.84 Å². The fourth-order valence-corrected chi connectivity index (χ4v) is 1.72. The Morgan fingerprint density at radius 1 is 1.83 bits per heavy atom. The quantitative estimate of drug-likeness (QED) is 0.439. The van der Waals surface area contributed by atoms with E-state index in [0.717, 1.165) is 5.37 Å². The van der Waals surface area contributed by atoms with Gasteiger partial charge in [-0.3, -0.25) is 0 Å². The van der Waals surface area contributed by atoms with Crippen LogP contribution in [0.1, 0.15) is 6.42 Å². The predicted molar refractivity (Wildman–Crippen MR) is 25.8 cm³/mol. The molecule has 2 nitrogen and oxygen atoms in total. The van der Waals surface area contributed by atoms with E-state index in [-0.39, 0.29) is 0 Å². The van der Waals surface area contributed by atoms with Crippen molar-refractivity contribution in [3.05, 3.63) is 0 Å². The molecule has 0 amide bonds. The molecule has 3 rings (SSSR count). The van der Waals surface area contributed by atoms with Crippen molar-refractivity contribution in [1.29, 1.82) is 0 Å². The number of hydrogen-bond donors (Lipinski definition) is 1. The molecule has 3 heteroatoms. The van der Waals surface area contributed by atoms with Gasteiger partial charge in [0.15, 0.2) is 0 Å². The fraction of sp³-hybridized carbons (Fsp3) is 1.00. The summed E-state index contributed by atoms with van der Waals surface area (Å²) in [4.78, 5) is 0. The van der Waals surface area contributed by atoms with Crippen LogP contribution in [0.5, 0.6) is 0 Å². The normalized spacial score (nSPS) is 52.0. The van der Waals surface area contributed by atoms with E-state index < -0.39 is 0 Å². The molecular weight excluding hydrogens is 96.1 g/mol. The maximum Gasteiger partial charge on any atom is 0.0849 e. The minimum atomic E-state index is 0.782. The van der Waals surface area contributed by atoms with Crippen molar-refractivity contribution in [2.75, 3.05) is 6.54 Å². The monoisotopic (exact) mass is 102 g/mol. The first-order chi connectivity index (χ1) is 2.95. The summed E-state index contributed by atoms with van der Waals surface area (Å²) < 4.78 is 2.17. The lowest BCUT2D eigenvalue weighted by Crippen LogP contribution is -2.40. The molecule has 6 heavy (non-hydrogen) atoms. The van der Waals surface area contributed by atoms with Gasteiger partial charge in [0, 0.05) is 6.54 Å². The van der Waals surface area contributed by atoms with E-state index in [9.17, 15) is 0 Å². The van der Waals surface area contributed by atoms with Gasteiger partial charge in [0.2, 0.25) is 0 Å². The first-order valence-electron chi connectivity index (χ1n) is 2.16. The Morgan fingerprint density at radius 2 is 2.67 bits per heavy atom. The lowest BCUT2D eigenvalue weighted by molar-refractivity contribution is 0.404. The van der Waals surface area contributed by atoms with Crippen molar-refractivity contribution < 1.29 is 0 Å². The second-order valence-electron chi connectivity index (χ2n) is 1.61. The van der Waals surface area contributed by atoms with Gasteiger partial charge in [-0.2, -0.15) is 4.41 Å². The Bertz CT molecular complexity index is 55.7. The molecule has 0 radical (unpaired) electrons. The van der Waals surface area contributed by atoms with E-state index in [4.69, 9.17) is 0 Å². The van der Waals surface area contributed by atoms with Crippen LogP contribution in [0.2, 0.25) is 0 Å². The molecule has 2 bridgehead atoms. The average Bonchev–Trinajstić information content (AvgIpc) is 1.72. The minimum Gasteiger partial charge on any atom is -0.231 e. The first kappa shape index (κ1) is 3.29. The number of hydrazine groups is 1. The van der Waals surface area contributed by atoms with Crippen molar-refractivity contribution in [2.45, 2.75) is 11.8 Å². The van der Waals surface area contributed by atoms with Gasteiger partial charge < -0.3 is 0 Å². The van der Waals surface area contributed by atoms with E-state index in [1.165, 1.54) is 13.0 Å². The zero-order valence-corrected chi connectivity index (χ0v) is 4.16. The van der Waals surface area contributed by atoms with Gasteiger partial charge >= 0.3 is 0 Å². The molecule has 3 fully saturated rings. The Morgan fingerprint density at radius 3 is 2.83 bits per heavy atom. The number of rotatable bonds is 0. The number of hydrogen-bond acceptors (Lipinski definition) is 3. The molecular formula is C3H6N2S. The first-order valence-corrected chi connectivity index (χ1v) is 2.99. The van der Waals surface area contributed by atoms with Gasteiger partial charge in [-0.15, -0.1) is 0 Å². The van der Waals surface area contributed by atoms with Crippen LogP contribution in [-0.4, -0.2) is 16.3 Å². The highest BCUT2D eigenvalue weighted by atomic mass is 32.2. The molecule has 0 aromatic carbocycles. The van der Waals surface area contributed by atoms with Crippen LogP contribution in [0.25, 0.3) is 0 Å². The SMILES string of the molecule is C1CN2NC1S2. The average molecular weight is 102 g/mol. The maximum absolute atomic E-state index is 3.21. The zero-order chi connectivity index (χ0) is 3.98. The molecule has 34 valence electrons. The van der Waals surface area contributed by atoms with Crippen molar-refractivity contribution in [3.8, 4) is 0 Å². The molecule has 3 heterocycles. The van der Waals surface area contributed by atoms with Crippen LogP contribution >= 0.6 is 11.9 Å². The third-order valence-electron chi connectivity index (χ3n) is 1.14. The lowest BCUT2D eigenvalue weighted by atomic mass is 10.5. The smallest absolute Gasteiger partial charge is 0.0849 e. The second kappa shape index (κ2) is 0.911. The van der Waals surface area contributed by atoms with E-state index in [1.807, 2.05) is 11.9 Å². The van der Waals surface area contributed by atoms with Crippen LogP contribution < -0.4 is 5.43 Å². The van der Waals surface area contributed by atoms with Gasteiger partial charge in [0.25, 0.3) is 0 Å². The third-order valence-corrected chi connectivity index (χ3v) is 2.27. The summed E-state index contributed by atoms with van der Waals surface area (Å²) in [6.45, 7) is 1.25. The second-order valence-corrected chi connectivity index (χ2v) is 2.83. The van der Waals surface area contributed by atoms with Crippen molar-refractivity contribution in [2.24, 2.45) is 0 Å². The van der Waals surface area contributed by atoms with Crippen molar-refractivity contribution >= 4 is 11.9 Å². The van der Waals surface area contributed by atoms with Crippen molar-refractivity contribution in [3.63, 3.8) is 0 Å². The molecule has 0 aromatic heterocycles. The summed E-state index contributed by atoms with van der Waals surface area (Å²) in [6, 6.07) is 0. The molecule has 1 N–H and O–H groups in total. The van der Waals surface area contributed by atoms with Crippen LogP contribution in [0.4, 0.5) is 0 Å². The summed E-state index contributed by atoms with van der Waals surface area (Å²) in [5, 5.41) is 0.782. The minimum absolute atomic E-state index is 0.782. The Balaban J connectivity index is 2.16. The lowest BCUT2D eigenvalue weighted by Gasteiger charge is -2.26. The summed E-state index contributed by atoms with van der Waals surface area (Å²) in [7, 11) is 0. The number of nitrogens with zero attached hydrogens (tertiary/aromatic N) is 1. The molecule has 0 aromatic rings. The molecule has 0 spiro atoms. The van der Waals surface area contributed by atoms with Crippen LogP contribution in [0.15, 0.2) is 0 Å². The highest BCUT2D eigenvalue weighted by Gasteiger charge is 2.34. The summed E-state index contributed by atoms with van der Waals surface area (Å²) in [6.07, 6.45) is 1.34. The van der Waals surface area contributed by atoms with Crippen LogP contribution in [0.3, 0.4) is 0 Å². The van der Waals surface area contributed by atoms with E-state index in [1.54, 1.807) is 0 Å². The van der Waals surface area contributed by atoms with E-state index in [2.05, 4.69) is 9.84 Å². The van der Waals surface area contributed by atoms with Gasteiger partial charge in [-0.05, 0) is 18.4 Å². The number of fused-ring (bicyclic) bond motifs is 1. The highest BCUT2D eigenvalue weighted by molar-refractivity contribution is 7.98. The summed E-state index contributed by atoms with van der Waals surface area (Å²) in [5.74, 6) is 0. The highest BCUT2D eigenvalue weighted by Crippen LogP contribution is 2.33. The standard InChI is InChI=1S/C3H6N2S/c1-2-5-4-3(1)6-5/h3-4H,1-2H2. The molecule has 3 saturated heterocycles. The molecule has 3 aliphatic rings. The van der Waals surface area contributed by atoms with E-state index >= 15 is 0 Å². The molecule has 3 aliphatic heterocycles. The summed E-state index contributed by atoms with van der Waals surface area (Å²) in [5.41, 5.74) is 3.21. The largest absolute Gasteiger partial charge is 0.231 e.